The van der Waals surface area contributed by atoms with Gasteiger partial charge in [-0.3, -0.25) is 4.79 Å². The highest BCUT2D eigenvalue weighted by molar-refractivity contribution is 5.93. The molecule has 4 nitrogen and oxygen atoms in total. The largest absolute Gasteiger partial charge is 0.469 e. The van der Waals surface area contributed by atoms with Gasteiger partial charge in [-0.05, 0) is 56.3 Å². The molecule has 0 aromatic heterocycles. The van der Waals surface area contributed by atoms with E-state index in [0.29, 0.717) is 0 Å². The van der Waals surface area contributed by atoms with Gasteiger partial charge in [0.05, 0.1) is 13.5 Å². The lowest BCUT2D eigenvalue weighted by atomic mass is 9.54. The van der Waals surface area contributed by atoms with Crippen LogP contribution in [0.15, 0.2) is 12.2 Å². The van der Waals surface area contributed by atoms with E-state index < -0.39 is 11.9 Å². The third-order valence-corrected chi connectivity index (χ3v) is 5.17. The molecule has 4 heteroatoms. The number of hydrogen-bond acceptors (Lipinski definition) is 4. The van der Waals surface area contributed by atoms with Crippen molar-refractivity contribution < 1.29 is 19.1 Å². The molecular formula is C16H22O4. The SMILES string of the molecule is C=C(CC(=O)OC)C(=O)OC12CC3CC(CC(C3)C1)C2. The fraction of sp³-hybridized carbons (Fsp3) is 0.750. The lowest BCUT2D eigenvalue weighted by Crippen LogP contribution is -2.52. The number of rotatable bonds is 4. The highest BCUT2D eigenvalue weighted by Gasteiger charge is 2.53. The van der Waals surface area contributed by atoms with E-state index in [2.05, 4.69) is 11.3 Å². The second kappa shape index (κ2) is 4.90. The van der Waals surface area contributed by atoms with Crippen LogP contribution in [0.2, 0.25) is 0 Å². The molecule has 0 aromatic carbocycles. The summed E-state index contributed by atoms with van der Waals surface area (Å²) in [6.07, 6.45) is 6.82. The first kappa shape index (κ1) is 13.7. The Hall–Kier alpha value is -1.32. The molecule has 4 bridgehead atoms. The molecule has 0 N–H and O–H groups in total. The van der Waals surface area contributed by atoms with Gasteiger partial charge < -0.3 is 9.47 Å². The molecule has 4 saturated carbocycles. The summed E-state index contributed by atoms with van der Waals surface area (Å²) in [7, 11) is 1.31. The lowest BCUT2D eigenvalue weighted by Gasteiger charge is -2.55. The van der Waals surface area contributed by atoms with Crippen LogP contribution in [0.4, 0.5) is 0 Å². The van der Waals surface area contributed by atoms with Gasteiger partial charge in [-0.25, -0.2) is 4.79 Å². The summed E-state index contributed by atoms with van der Waals surface area (Å²) in [5, 5.41) is 0. The second-order valence-electron chi connectivity index (χ2n) is 6.85. The Bertz CT molecular complexity index is 416. The standard InChI is InChI=1S/C16H22O4/c1-10(3-14(17)19-2)15(18)20-16-7-11-4-12(8-16)6-13(5-11)9-16/h11-13H,1,3-9H2,2H3. The molecule has 4 aliphatic rings. The zero-order valence-corrected chi connectivity index (χ0v) is 12.0. The molecule has 110 valence electrons. The third-order valence-electron chi connectivity index (χ3n) is 5.17. The number of esters is 2. The van der Waals surface area contributed by atoms with E-state index in [-0.39, 0.29) is 17.6 Å². The van der Waals surface area contributed by atoms with E-state index in [4.69, 9.17) is 4.74 Å². The van der Waals surface area contributed by atoms with Crippen molar-refractivity contribution in [3.05, 3.63) is 12.2 Å². The normalized spacial score (nSPS) is 37.5. The number of ether oxygens (including phenoxy) is 2. The number of carbonyl (C=O) groups is 2. The Kier molecular flexibility index (Phi) is 3.35. The van der Waals surface area contributed by atoms with Crippen LogP contribution in [-0.4, -0.2) is 24.6 Å². The minimum Gasteiger partial charge on any atom is -0.469 e. The van der Waals surface area contributed by atoms with Crippen LogP contribution < -0.4 is 0 Å². The van der Waals surface area contributed by atoms with Crippen molar-refractivity contribution in [1.82, 2.24) is 0 Å². The predicted octanol–water partition coefficient (Wildman–Crippen LogP) is 2.62. The molecule has 0 aliphatic heterocycles. The highest BCUT2D eigenvalue weighted by atomic mass is 16.6. The summed E-state index contributed by atoms with van der Waals surface area (Å²) in [4.78, 5) is 23.3. The molecule has 4 rings (SSSR count). The van der Waals surface area contributed by atoms with E-state index in [9.17, 15) is 9.59 Å². The van der Waals surface area contributed by atoms with Gasteiger partial charge in [0.2, 0.25) is 0 Å². The first-order valence-electron chi connectivity index (χ1n) is 7.47. The van der Waals surface area contributed by atoms with Crippen LogP contribution in [0.5, 0.6) is 0 Å². The van der Waals surface area contributed by atoms with Gasteiger partial charge in [-0.15, -0.1) is 0 Å². The maximum Gasteiger partial charge on any atom is 0.334 e. The topological polar surface area (TPSA) is 52.6 Å². The fourth-order valence-corrected chi connectivity index (χ4v) is 4.74. The number of hydrogen-bond donors (Lipinski definition) is 0. The molecular weight excluding hydrogens is 256 g/mol. The average Bonchev–Trinajstić information content (AvgIpc) is 2.36. The van der Waals surface area contributed by atoms with E-state index >= 15 is 0 Å². The monoisotopic (exact) mass is 278 g/mol. The molecule has 4 fully saturated rings. The van der Waals surface area contributed by atoms with Crippen LogP contribution >= 0.6 is 0 Å². The maximum atomic E-state index is 12.1. The van der Waals surface area contributed by atoms with Crippen LogP contribution in [0.1, 0.15) is 44.9 Å². The zero-order valence-electron chi connectivity index (χ0n) is 12.0. The molecule has 0 spiro atoms. The van der Waals surface area contributed by atoms with E-state index in [1.165, 1.54) is 26.4 Å². The Balaban J connectivity index is 1.64. The molecule has 0 aromatic rings. The van der Waals surface area contributed by atoms with Gasteiger partial charge in [0.15, 0.2) is 0 Å². The Morgan fingerprint density at radius 2 is 1.60 bits per heavy atom. The predicted molar refractivity (Wildman–Crippen MR) is 72.8 cm³/mol. The van der Waals surface area contributed by atoms with Crippen molar-refractivity contribution in [3.63, 3.8) is 0 Å². The van der Waals surface area contributed by atoms with Crippen molar-refractivity contribution in [1.29, 1.82) is 0 Å². The van der Waals surface area contributed by atoms with Crippen LogP contribution in [0, 0.1) is 17.8 Å². The zero-order chi connectivity index (χ0) is 14.3. The molecule has 0 saturated heterocycles. The van der Waals surface area contributed by atoms with Gasteiger partial charge in [-0.1, -0.05) is 6.58 Å². The molecule has 20 heavy (non-hydrogen) atoms. The molecule has 0 atom stereocenters. The Morgan fingerprint density at radius 1 is 1.10 bits per heavy atom. The van der Waals surface area contributed by atoms with Gasteiger partial charge in [0.25, 0.3) is 0 Å². The summed E-state index contributed by atoms with van der Waals surface area (Å²) in [5.74, 6) is 1.31. The van der Waals surface area contributed by atoms with Crippen LogP contribution in [-0.2, 0) is 19.1 Å². The fourth-order valence-electron chi connectivity index (χ4n) is 4.74. The van der Waals surface area contributed by atoms with Gasteiger partial charge in [-0.2, -0.15) is 0 Å². The molecule has 4 aliphatic carbocycles. The first-order valence-corrected chi connectivity index (χ1v) is 7.47. The van der Waals surface area contributed by atoms with E-state index in [0.717, 1.165) is 37.0 Å². The summed E-state index contributed by atoms with van der Waals surface area (Å²) >= 11 is 0. The quantitative estimate of drug-likeness (QED) is 0.586. The van der Waals surface area contributed by atoms with E-state index in [1.807, 2.05) is 0 Å². The van der Waals surface area contributed by atoms with Gasteiger partial charge >= 0.3 is 11.9 Å². The Labute approximate surface area is 119 Å². The first-order chi connectivity index (χ1) is 9.49. The van der Waals surface area contributed by atoms with Crippen molar-refractivity contribution in [2.75, 3.05) is 7.11 Å². The molecule has 0 unspecified atom stereocenters. The highest BCUT2D eigenvalue weighted by Crippen LogP contribution is 2.57. The molecule has 0 radical (unpaired) electrons. The van der Waals surface area contributed by atoms with Crippen molar-refractivity contribution in [2.45, 2.75) is 50.5 Å². The minimum atomic E-state index is -0.447. The molecule has 0 amide bonds. The minimum absolute atomic E-state index is 0.0816. The summed E-state index contributed by atoms with van der Waals surface area (Å²) < 4.78 is 10.4. The Morgan fingerprint density at radius 3 is 2.05 bits per heavy atom. The van der Waals surface area contributed by atoms with Crippen molar-refractivity contribution in [2.24, 2.45) is 17.8 Å². The average molecular weight is 278 g/mol. The molecule has 0 heterocycles. The van der Waals surface area contributed by atoms with Crippen molar-refractivity contribution in [3.8, 4) is 0 Å². The van der Waals surface area contributed by atoms with Crippen molar-refractivity contribution >= 4 is 11.9 Å². The lowest BCUT2D eigenvalue weighted by molar-refractivity contribution is -0.182. The summed E-state index contributed by atoms with van der Waals surface area (Å²) in [6, 6.07) is 0. The number of methoxy groups -OCH3 is 1. The van der Waals surface area contributed by atoms with E-state index in [1.54, 1.807) is 0 Å². The third kappa shape index (κ3) is 2.48. The van der Waals surface area contributed by atoms with Gasteiger partial charge in [0, 0.05) is 5.57 Å². The summed E-state index contributed by atoms with van der Waals surface area (Å²) in [6.45, 7) is 3.67. The second-order valence-corrected chi connectivity index (χ2v) is 6.85. The summed E-state index contributed by atoms with van der Waals surface area (Å²) in [5.41, 5.74) is -0.0714. The number of carbonyl (C=O) groups excluding carboxylic acids is 2. The van der Waals surface area contributed by atoms with Crippen LogP contribution in [0.3, 0.4) is 0 Å². The van der Waals surface area contributed by atoms with Crippen LogP contribution in [0.25, 0.3) is 0 Å². The smallest absolute Gasteiger partial charge is 0.334 e. The maximum absolute atomic E-state index is 12.1. The van der Waals surface area contributed by atoms with Gasteiger partial charge in [0.1, 0.15) is 5.60 Å².